The zero-order valence-corrected chi connectivity index (χ0v) is 15.8. The van der Waals surface area contributed by atoms with Crippen molar-refractivity contribution in [2.75, 3.05) is 6.61 Å². The van der Waals surface area contributed by atoms with Gasteiger partial charge in [-0.25, -0.2) is 0 Å². The maximum atomic E-state index is 12.1. The summed E-state index contributed by atoms with van der Waals surface area (Å²) in [5.41, 5.74) is -1.09. The van der Waals surface area contributed by atoms with E-state index in [9.17, 15) is 14.7 Å². The van der Waals surface area contributed by atoms with E-state index in [1.54, 1.807) is 0 Å². The van der Waals surface area contributed by atoms with Gasteiger partial charge in [0.15, 0.2) is 5.78 Å². The zero-order chi connectivity index (χ0) is 19.4. The molecule has 1 aliphatic rings. The highest BCUT2D eigenvalue weighted by molar-refractivity contribution is 5.83. The number of ketones is 2. The summed E-state index contributed by atoms with van der Waals surface area (Å²) in [6.07, 6.45) is 19.3. The van der Waals surface area contributed by atoms with Gasteiger partial charge in [0, 0.05) is 25.2 Å². The van der Waals surface area contributed by atoms with Crippen molar-refractivity contribution >= 4 is 11.6 Å². The third kappa shape index (κ3) is 7.68. The first kappa shape index (κ1) is 22.3. The van der Waals surface area contributed by atoms with Crippen molar-refractivity contribution in [1.82, 2.24) is 0 Å². The Morgan fingerprint density at radius 2 is 2.15 bits per heavy atom. The lowest BCUT2D eigenvalue weighted by atomic mass is 9.89. The number of hydrogen-bond donors (Lipinski definition) is 2. The molecule has 1 aliphatic carbocycles. The van der Waals surface area contributed by atoms with Crippen LogP contribution in [0.15, 0.2) is 24.3 Å². The Balaban J connectivity index is 2.46. The van der Waals surface area contributed by atoms with Crippen molar-refractivity contribution < 1.29 is 19.8 Å². The van der Waals surface area contributed by atoms with Crippen molar-refractivity contribution in [3.8, 4) is 12.3 Å². The Hall–Kier alpha value is -1.70. The Kier molecular flexibility index (Phi) is 10.2. The van der Waals surface area contributed by atoms with Crippen LogP contribution in [0.5, 0.6) is 0 Å². The lowest BCUT2D eigenvalue weighted by molar-refractivity contribution is -0.122. The largest absolute Gasteiger partial charge is 0.389 e. The van der Waals surface area contributed by atoms with Crippen LogP contribution in [-0.2, 0) is 9.59 Å². The molecule has 144 valence electrons. The van der Waals surface area contributed by atoms with Gasteiger partial charge >= 0.3 is 0 Å². The number of allylic oxidation sites excluding steroid dienone is 3. The fourth-order valence-electron chi connectivity index (χ4n) is 3.41. The normalized spacial score (nSPS) is 22.8. The lowest BCUT2D eigenvalue weighted by Crippen LogP contribution is -2.25. The van der Waals surface area contributed by atoms with Gasteiger partial charge in [-0.15, -0.1) is 6.42 Å². The maximum Gasteiger partial charge on any atom is 0.158 e. The van der Waals surface area contributed by atoms with Gasteiger partial charge in [0.05, 0.1) is 0 Å². The summed E-state index contributed by atoms with van der Waals surface area (Å²) in [5.74, 6) is 2.83. The maximum absolute atomic E-state index is 12.1. The van der Waals surface area contributed by atoms with Crippen LogP contribution >= 0.6 is 0 Å². The van der Waals surface area contributed by atoms with E-state index in [0.717, 1.165) is 25.7 Å². The molecule has 4 nitrogen and oxygen atoms in total. The fourth-order valence-corrected chi connectivity index (χ4v) is 3.41. The number of aliphatic hydroxyl groups excluding tert-OH is 1. The minimum absolute atomic E-state index is 0.00771. The number of aliphatic hydroxyl groups is 2. The van der Waals surface area contributed by atoms with E-state index >= 15 is 0 Å². The highest BCUT2D eigenvalue weighted by atomic mass is 16.3. The minimum Gasteiger partial charge on any atom is -0.389 e. The van der Waals surface area contributed by atoms with Crippen molar-refractivity contribution in [2.45, 2.75) is 70.3 Å². The first-order chi connectivity index (χ1) is 12.5. The summed E-state index contributed by atoms with van der Waals surface area (Å²) in [6, 6.07) is 0. The standard InChI is InChI=1S/C22H32O4/c1-3-15-22(26,4-2)16-9-10-18-13-14-21(25)20(18)12-8-6-5-7-11-19(24)17-23/h2,6,8-10,18,20,23,26H,3,5,7,11-17H2,1H3/t18-,20+,22?/m0/s1. The molecular formula is C22H32O4. The molecule has 0 saturated heterocycles. The van der Waals surface area contributed by atoms with Gasteiger partial charge in [0.25, 0.3) is 0 Å². The van der Waals surface area contributed by atoms with Crippen LogP contribution in [0.1, 0.15) is 64.7 Å². The predicted octanol–water partition coefficient (Wildman–Crippen LogP) is 3.37. The summed E-state index contributed by atoms with van der Waals surface area (Å²) in [7, 11) is 0. The number of Topliss-reactive ketones (excluding diaryl/α,β-unsaturated/α-hetero) is 2. The second-order valence-electron chi connectivity index (χ2n) is 7.13. The van der Waals surface area contributed by atoms with Gasteiger partial charge in [0.1, 0.15) is 18.0 Å². The van der Waals surface area contributed by atoms with Crippen LogP contribution < -0.4 is 0 Å². The minimum atomic E-state index is -1.09. The molecule has 3 atom stereocenters. The summed E-state index contributed by atoms with van der Waals surface area (Å²) < 4.78 is 0. The van der Waals surface area contributed by atoms with E-state index in [-0.39, 0.29) is 24.2 Å². The smallest absolute Gasteiger partial charge is 0.158 e. The molecule has 0 bridgehead atoms. The Labute approximate surface area is 157 Å². The summed E-state index contributed by atoms with van der Waals surface area (Å²) in [6.45, 7) is 1.60. The topological polar surface area (TPSA) is 74.6 Å². The van der Waals surface area contributed by atoms with Gasteiger partial charge in [0.2, 0.25) is 0 Å². The molecule has 0 aromatic rings. The second kappa shape index (κ2) is 11.8. The van der Waals surface area contributed by atoms with Gasteiger partial charge < -0.3 is 10.2 Å². The molecule has 0 aromatic carbocycles. The summed E-state index contributed by atoms with van der Waals surface area (Å²) in [5, 5.41) is 19.0. The molecule has 1 rings (SSSR count). The summed E-state index contributed by atoms with van der Waals surface area (Å²) in [4.78, 5) is 23.1. The van der Waals surface area contributed by atoms with E-state index in [4.69, 9.17) is 11.5 Å². The highest BCUT2D eigenvalue weighted by Gasteiger charge is 2.32. The van der Waals surface area contributed by atoms with E-state index in [1.165, 1.54) is 0 Å². The molecule has 2 N–H and O–H groups in total. The van der Waals surface area contributed by atoms with Gasteiger partial charge in [-0.3, -0.25) is 9.59 Å². The SMILES string of the molecule is C#CC(O)(CC=C[C@H]1CCC(=O)[C@@H]1CC=CCCCC(=O)CO)CCC. The fraction of sp³-hybridized carbons (Fsp3) is 0.636. The lowest BCUT2D eigenvalue weighted by Gasteiger charge is -2.20. The van der Waals surface area contributed by atoms with E-state index < -0.39 is 5.60 Å². The molecule has 1 fully saturated rings. The first-order valence-corrected chi connectivity index (χ1v) is 9.62. The van der Waals surface area contributed by atoms with Crippen molar-refractivity contribution in [3.63, 3.8) is 0 Å². The van der Waals surface area contributed by atoms with Gasteiger partial charge in [-0.05, 0) is 38.0 Å². The number of terminal acetylenes is 1. The molecule has 1 saturated carbocycles. The van der Waals surface area contributed by atoms with Crippen LogP contribution in [0.3, 0.4) is 0 Å². The van der Waals surface area contributed by atoms with Crippen LogP contribution in [-0.4, -0.2) is 34.0 Å². The average molecular weight is 360 g/mol. The third-order valence-electron chi connectivity index (χ3n) is 4.98. The van der Waals surface area contributed by atoms with Gasteiger partial charge in [-0.2, -0.15) is 0 Å². The Bertz CT molecular complexity index is 555. The third-order valence-corrected chi connectivity index (χ3v) is 4.98. The second-order valence-corrected chi connectivity index (χ2v) is 7.13. The quantitative estimate of drug-likeness (QED) is 0.318. The zero-order valence-electron chi connectivity index (χ0n) is 15.8. The van der Waals surface area contributed by atoms with Crippen LogP contribution in [0, 0.1) is 24.2 Å². The molecule has 0 spiro atoms. The van der Waals surface area contributed by atoms with E-state index in [0.29, 0.717) is 37.9 Å². The molecule has 0 amide bonds. The predicted molar refractivity (Wildman–Crippen MR) is 103 cm³/mol. The summed E-state index contributed by atoms with van der Waals surface area (Å²) >= 11 is 0. The number of hydrogen-bond acceptors (Lipinski definition) is 4. The first-order valence-electron chi connectivity index (χ1n) is 9.62. The van der Waals surface area contributed by atoms with Crippen LogP contribution in [0.2, 0.25) is 0 Å². The van der Waals surface area contributed by atoms with Crippen molar-refractivity contribution in [1.29, 1.82) is 0 Å². The van der Waals surface area contributed by atoms with Gasteiger partial charge in [-0.1, -0.05) is 43.6 Å². The number of carbonyl (C=O) groups is 2. The van der Waals surface area contributed by atoms with Crippen LogP contribution in [0.25, 0.3) is 0 Å². The van der Waals surface area contributed by atoms with Crippen molar-refractivity contribution in [3.05, 3.63) is 24.3 Å². The molecule has 0 heterocycles. The Morgan fingerprint density at radius 1 is 1.38 bits per heavy atom. The van der Waals surface area contributed by atoms with E-state index in [1.807, 2.05) is 31.2 Å². The molecule has 0 aliphatic heterocycles. The molecule has 0 aromatic heterocycles. The number of rotatable bonds is 12. The number of unbranched alkanes of at least 4 members (excludes halogenated alkanes) is 1. The molecule has 1 unspecified atom stereocenters. The Morgan fingerprint density at radius 3 is 2.81 bits per heavy atom. The molecule has 4 heteroatoms. The van der Waals surface area contributed by atoms with Crippen molar-refractivity contribution in [2.24, 2.45) is 11.8 Å². The highest BCUT2D eigenvalue weighted by Crippen LogP contribution is 2.33. The monoisotopic (exact) mass is 360 g/mol. The van der Waals surface area contributed by atoms with Crippen LogP contribution in [0.4, 0.5) is 0 Å². The molecule has 26 heavy (non-hydrogen) atoms. The average Bonchev–Trinajstić information content (AvgIpc) is 2.98. The molecular weight excluding hydrogens is 328 g/mol. The number of carbonyl (C=O) groups excluding carboxylic acids is 2. The van der Waals surface area contributed by atoms with E-state index in [2.05, 4.69) is 5.92 Å². The molecule has 0 radical (unpaired) electrons.